The van der Waals surface area contributed by atoms with Crippen LogP contribution in [-0.2, 0) is 25.6 Å². The number of alkyl halides is 3. The molecule has 1 aliphatic rings. The first-order chi connectivity index (χ1) is 13.3. The Hall–Kier alpha value is -3.09. The third-order valence-corrected chi connectivity index (χ3v) is 5.08. The number of nitrogens with one attached hydrogen (secondary N) is 1. The number of anilines is 1. The van der Waals surface area contributed by atoms with E-state index in [-0.39, 0.29) is 17.7 Å². The Labute approximate surface area is 160 Å². The van der Waals surface area contributed by atoms with Crippen LogP contribution < -0.4 is 4.90 Å². The molecule has 0 aliphatic carbocycles. The molecule has 2 aromatic carbocycles. The molecule has 0 fully saturated rings. The molecule has 144 valence electrons. The van der Waals surface area contributed by atoms with Crippen molar-refractivity contribution >= 4 is 11.6 Å². The van der Waals surface area contributed by atoms with Gasteiger partial charge in [-0.3, -0.25) is 4.79 Å². The number of aryl methyl sites for hydroxylation is 3. The topological polar surface area (TPSA) is 49.0 Å². The predicted octanol–water partition coefficient (Wildman–Crippen LogP) is 4.68. The number of carbonyl (C=O) groups excluding carboxylic acids is 1. The van der Waals surface area contributed by atoms with Crippen molar-refractivity contribution in [1.82, 2.24) is 9.97 Å². The number of benzene rings is 2. The summed E-state index contributed by atoms with van der Waals surface area (Å²) in [4.78, 5) is 21.4. The molecule has 7 heteroatoms. The normalized spacial score (nSPS) is 13.9. The van der Waals surface area contributed by atoms with Crippen molar-refractivity contribution in [3.05, 3.63) is 82.4 Å². The van der Waals surface area contributed by atoms with E-state index in [2.05, 4.69) is 9.97 Å². The molecule has 1 amide bonds. The third kappa shape index (κ3) is 3.28. The van der Waals surface area contributed by atoms with Gasteiger partial charge in [0.25, 0.3) is 5.91 Å². The van der Waals surface area contributed by atoms with Gasteiger partial charge in [0.05, 0.1) is 24.1 Å². The summed E-state index contributed by atoms with van der Waals surface area (Å²) in [7, 11) is 0. The van der Waals surface area contributed by atoms with Crippen molar-refractivity contribution < 1.29 is 18.0 Å². The first-order valence-corrected chi connectivity index (χ1v) is 8.93. The smallest absolute Gasteiger partial charge is 0.348 e. The zero-order valence-electron chi connectivity index (χ0n) is 15.2. The number of rotatable bonds is 4. The molecule has 28 heavy (non-hydrogen) atoms. The molecular formula is C21H18F3N3O. The Morgan fingerprint density at radius 2 is 1.93 bits per heavy atom. The Kier molecular flexibility index (Phi) is 4.45. The molecule has 0 bridgehead atoms. The van der Waals surface area contributed by atoms with Gasteiger partial charge in [-0.1, -0.05) is 18.2 Å². The molecule has 1 N–H and O–H groups in total. The lowest BCUT2D eigenvalue weighted by Crippen LogP contribution is -2.23. The number of nitrogens with zero attached hydrogens (tertiary/aromatic N) is 2. The molecule has 0 atom stereocenters. The van der Waals surface area contributed by atoms with E-state index >= 15 is 0 Å². The maximum absolute atomic E-state index is 13.3. The maximum Gasteiger partial charge on any atom is 0.416 e. The van der Waals surface area contributed by atoms with Crippen molar-refractivity contribution in [2.24, 2.45) is 0 Å². The zero-order valence-corrected chi connectivity index (χ0v) is 15.2. The second kappa shape index (κ2) is 6.82. The van der Waals surface area contributed by atoms with Crippen LogP contribution >= 0.6 is 0 Å². The number of hydrogen-bond acceptors (Lipinski definition) is 2. The lowest BCUT2D eigenvalue weighted by molar-refractivity contribution is -0.138. The lowest BCUT2D eigenvalue weighted by atomic mass is 10.0. The number of hydrogen-bond donors (Lipinski definition) is 1. The lowest BCUT2D eigenvalue weighted by Gasteiger charge is -2.17. The van der Waals surface area contributed by atoms with E-state index in [0.29, 0.717) is 5.69 Å². The molecule has 2 heterocycles. The minimum atomic E-state index is -4.48. The van der Waals surface area contributed by atoms with Crippen molar-refractivity contribution in [1.29, 1.82) is 0 Å². The fraction of sp³-hybridized carbons (Fsp3) is 0.238. The number of amides is 1. The van der Waals surface area contributed by atoms with Gasteiger partial charge < -0.3 is 9.88 Å². The average Bonchev–Trinajstić information content (AvgIpc) is 3.22. The molecule has 4 nitrogen and oxygen atoms in total. The molecule has 0 saturated carbocycles. The Morgan fingerprint density at radius 1 is 1.14 bits per heavy atom. The fourth-order valence-electron chi connectivity index (χ4n) is 3.59. The Morgan fingerprint density at radius 3 is 2.64 bits per heavy atom. The monoisotopic (exact) mass is 385 g/mol. The number of carbonyl (C=O) groups is 1. The quantitative estimate of drug-likeness (QED) is 0.709. The van der Waals surface area contributed by atoms with E-state index in [1.54, 1.807) is 12.4 Å². The molecule has 0 spiro atoms. The van der Waals surface area contributed by atoms with E-state index in [4.69, 9.17) is 0 Å². The van der Waals surface area contributed by atoms with Gasteiger partial charge in [-0.05, 0) is 55.2 Å². The first-order valence-electron chi connectivity index (χ1n) is 8.93. The molecule has 0 saturated heterocycles. The number of halogens is 3. The molecule has 4 rings (SSSR count). The third-order valence-electron chi connectivity index (χ3n) is 5.08. The highest BCUT2D eigenvalue weighted by Gasteiger charge is 2.39. The summed E-state index contributed by atoms with van der Waals surface area (Å²) in [5, 5.41) is 0. The van der Waals surface area contributed by atoms with Crippen LogP contribution in [-0.4, -0.2) is 15.9 Å². The SMILES string of the molecule is Cc1[nH]cnc1CCc1cccc(N2Cc3c(cccc3C(F)(F)F)C2=O)c1. The van der Waals surface area contributed by atoms with Crippen molar-refractivity contribution in [3.8, 4) is 0 Å². The first kappa shape index (κ1) is 18.3. The minimum absolute atomic E-state index is 0.0394. The van der Waals surface area contributed by atoms with Crippen LogP contribution in [0.2, 0.25) is 0 Å². The molecule has 1 aliphatic heterocycles. The van der Waals surface area contributed by atoms with Gasteiger partial charge in [-0.25, -0.2) is 4.98 Å². The molecule has 3 aromatic rings. The summed E-state index contributed by atoms with van der Waals surface area (Å²) < 4.78 is 39.9. The largest absolute Gasteiger partial charge is 0.416 e. The summed E-state index contributed by atoms with van der Waals surface area (Å²) in [6.07, 6.45) is -1.36. The van der Waals surface area contributed by atoms with E-state index in [9.17, 15) is 18.0 Å². The standard InChI is InChI=1S/C21H18F3N3O/c1-13-19(26-12-25-13)9-8-14-4-2-5-15(10-14)27-11-17-16(20(27)28)6-3-7-18(17)21(22,23)24/h2-7,10,12H,8-9,11H2,1H3,(H,25,26). The predicted molar refractivity (Wildman–Crippen MR) is 99.1 cm³/mol. The van der Waals surface area contributed by atoms with Gasteiger partial charge in [-0.15, -0.1) is 0 Å². The number of imidazole rings is 1. The average molecular weight is 385 g/mol. The van der Waals surface area contributed by atoms with Gasteiger partial charge >= 0.3 is 6.18 Å². The number of aromatic nitrogens is 2. The highest BCUT2D eigenvalue weighted by atomic mass is 19.4. The van der Waals surface area contributed by atoms with E-state index in [1.807, 2.05) is 25.1 Å². The fourth-order valence-corrected chi connectivity index (χ4v) is 3.59. The van der Waals surface area contributed by atoms with Crippen LogP contribution in [0.5, 0.6) is 0 Å². The van der Waals surface area contributed by atoms with E-state index in [1.165, 1.54) is 17.0 Å². The van der Waals surface area contributed by atoms with Crippen LogP contribution in [0.25, 0.3) is 0 Å². The van der Waals surface area contributed by atoms with Gasteiger partial charge in [0.2, 0.25) is 0 Å². The van der Waals surface area contributed by atoms with Crippen molar-refractivity contribution in [2.45, 2.75) is 32.5 Å². The van der Waals surface area contributed by atoms with Gasteiger partial charge in [-0.2, -0.15) is 13.2 Å². The summed E-state index contributed by atoms with van der Waals surface area (Å²) in [6.45, 7) is 1.88. The second-order valence-electron chi connectivity index (χ2n) is 6.86. The van der Waals surface area contributed by atoms with Crippen molar-refractivity contribution in [3.63, 3.8) is 0 Å². The van der Waals surface area contributed by atoms with Gasteiger partial charge in [0.15, 0.2) is 0 Å². The van der Waals surface area contributed by atoms with E-state index < -0.39 is 17.6 Å². The summed E-state index contributed by atoms with van der Waals surface area (Å²) >= 11 is 0. The summed E-state index contributed by atoms with van der Waals surface area (Å²) in [6, 6.07) is 11.1. The van der Waals surface area contributed by atoms with Crippen LogP contribution in [0.3, 0.4) is 0 Å². The molecule has 0 unspecified atom stereocenters. The highest BCUT2D eigenvalue weighted by molar-refractivity contribution is 6.10. The van der Waals surface area contributed by atoms with E-state index in [0.717, 1.165) is 35.9 Å². The summed E-state index contributed by atoms with van der Waals surface area (Å²) in [5.74, 6) is -0.401. The minimum Gasteiger partial charge on any atom is -0.348 e. The van der Waals surface area contributed by atoms with Gasteiger partial charge in [0.1, 0.15) is 0 Å². The van der Waals surface area contributed by atoms with Crippen molar-refractivity contribution in [2.75, 3.05) is 4.90 Å². The second-order valence-corrected chi connectivity index (χ2v) is 6.86. The molecular weight excluding hydrogens is 367 g/mol. The highest BCUT2D eigenvalue weighted by Crippen LogP contribution is 2.38. The molecule has 1 aromatic heterocycles. The Balaban J connectivity index is 1.58. The maximum atomic E-state index is 13.3. The number of aromatic amines is 1. The van der Waals surface area contributed by atoms with Crippen LogP contribution in [0.4, 0.5) is 18.9 Å². The van der Waals surface area contributed by atoms with Crippen LogP contribution in [0.1, 0.15) is 38.4 Å². The molecule has 0 radical (unpaired) electrons. The van der Waals surface area contributed by atoms with Crippen LogP contribution in [0.15, 0.2) is 48.8 Å². The van der Waals surface area contributed by atoms with Crippen LogP contribution in [0, 0.1) is 6.92 Å². The van der Waals surface area contributed by atoms with Gasteiger partial charge in [0, 0.05) is 16.9 Å². The number of fused-ring (bicyclic) bond motifs is 1. The zero-order chi connectivity index (χ0) is 19.9. The number of H-pyrrole nitrogens is 1. The summed E-state index contributed by atoms with van der Waals surface area (Å²) in [5.41, 5.74) is 3.01. The Bertz CT molecular complexity index is 1040.